The van der Waals surface area contributed by atoms with Gasteiger partial charge in [-0.15, -0.1) is 0 Å². The van der Waals surface area contributed by atoms with Crippen LogP contribution in [0, 0.1) is 5.92 Å². The molecule has 0 saturated heterocycles. The SMILES string of the molecule is CC1(C)Cc2cccc(OCC(=O)N3CCc4nc(NC(=O)C5CCC5)sc4C3)c2O1. The van der Waals surface area contributed by atoms with Gasteiger partial charge in [0.1, 0.15) is 5.60 Å². The minimum absolute atomic E-state index is 0.0281. The maximum atomic E-state index is 12.8. The van der Waals surface area contributed by atoms with Crippen LogP contribution < -0.4 is 14.8 Å². The van der Waals surface area contributed by atoms with E-state index in [1.807, 2.05) is 32.0 Å². The number of aromatic nitrogens is 1. The van der Waals surface area contributed by atoms with Gasteiger partial charge in [-0.25, -0.2) is 4.98 Å². The second kappa shape index (κ2) is 7.82. The molecule has 3 heterocycles. The number of fused-ring (bicyclic) bond motifs is 2. The summed E-state index contributed by atoms with van der Waals surface area (Å²) in [5.41, 5.74) is 1.83. The van der Waals surface area contributed by atoms with Gasteiger partial charge in [-0.3, -0.25) is 9.59 Å². The van der Waals surface area contributed by atoms with Gasteiger partial charge in [0.2, 0.25) is 5.91 Å². The van der Waals surface area contributed by atoms with Crippen LogP contribution >= 0.6 is 11.3 Å². The van der Waals surface area contributed by atoms with Crippen molar-refractivity contribution in [1.82, 2.24) is 9.88 Å². The Morgan fingerprint density at radius 3 is 2.97 bits per heavy atom. The van der Waals surface area contributed by atoms with E-state index < -0.39 is 0 Å². The molecule has 1 fully saturated rings. The van der Waals surface area contributed by atoms with E-state index >= 15 is 0 Å². The van der Waals surface area contributed by atoms with Crippen molar-refractivity contribution in [1.29, 1.82) is 0 Å². The third-order valence-corrected chi connectivity index (χ3v) is 7.19. The molecule has 164 valence electrons. The van der Waals surface area contributed by atoms with E-state index in [1.54, 1.807) is 4.90 Å². The monoisotopic (exact) mass is 441 g/mol. The first-order chi connectivity index (χ1) is 14.9. The summed E-state index contributed by atoms with van der Waals surface area (Å²) in [6.45, 7) is 5.17. The molecule has 1 saturated carbocycles. The minimum Gasteiger partial charge on any atom is -0.483 e. The van der Waals surface area contributed by atoms with E-state index in [0.717, 1.165) is 47.6 Å². The summed E-state index contributed by atoms with van der Waals surface area (Å²) in [5.74, 6) is 1.50. The van der Waals surface area contributed by atoms with E-state index in [0.29, 0.717) is 30.4 Å². The van der Waals surface area contributed by atoms with Crippen molar-refractivity contribution >= 4 is 28.3 Å². The maximum absolute atomic E-state index is 12.8. The molecule has 1 aliphatic carbocycles. The zero-order valence-electron chi connectivity index (χ0n) is 17.9. The van der Waals surface area contributed by atoms with Gasteiger partial charge in [0.05, 0.1) is 12.2 Å². The molecule has 7 nitrogen and oxygen atoms in total. The molecule has 1 N–H and O–H groups in total. The molecule has 31 heavy (non-hydrogen) atoms. The van der Waals surface area contributed by atoms with Crippen molar-refractivity contribution in [2.75, 3.05) is 18.5 Å². The highest BCUT2D eigenvalue weighted by Crippen LogP contribution is 2.41. The number of para-hydroxylation sites is 1. The summed E-state index contributed by atoms with van der Waals surface area (Å²) in [5, 5.41) is 3.59. The van der Waals surface area contributed by atoms with Crippen LogP contribution in [0.4, 0.5) is 5.13 Å². The predicted octanol–water partition coefficient (Wildman–Crippen LogP) is 3.56. The molecular formula is C23H27N3O4S. The van der Waals surface area contributed by atoms with Crippen molar-refractivity contribution in [2.24, 2.45) is 5.92 Å². The topological polar surface area (TPSA) is 80.8 Å². The number of rotatable bonds is 5. The second-order valence-electron chi connectivity index (χ2n) is 9.14. The second-order valence-corrected chi connectivity index (χ2v) is 10.2. The minimum atomic E-state index is -0.257. The first kappa shape index (κ1) is 20.3. The van der Waals surface area contributed by atoms with Crippen LogP contribution in [0.1, 0.15) is 49.2 Å². The van der Waals surface area contributed by atoms with Gasteiger partial charge >= 0.3 is 0 Å². The lowest BCUT2D eigenvalue weighted by Crippen LogP contribution is -2.38. The highest BCUT2D eigenvalue weighted by atomic mass is 32.1. The summed E-state index contributed by atoms with van der Waals surface area (Å²) >= 11 is 1.47. The van der Waals surface area contributed by atoms with Crippen molar-refractivity contribution in [3.63, 3.8) is 0 Å². The Morgan fingerprint density at radius 1 is 1.35 bits per heavy atom. The number of nitrogens with zero attached hydrogens (tertiary/aromatic N) is 2. The standard InChI is InChI=1S/C23H27N3O4S/c1-23(2)11-15-7-4-8-17(20(15)30-23)29-13-19(27)26-10-9-16-18(12-26)31-22(24-16)25-21(28)14-5-3-6-14/h4,7-8,14H,3,5-6,9-13H2,1-2H3,(H,24,25,28). The Bertz CT molecular complexity index is 1030. The number of thiazole rings is 1. The summed E-state index contributed by atoms with van der Waals surface area (Å²) in [6.07, 6.45) is 4.57. The molecule has 2 aromatic rings. The average Bonchev–Trinajstić information content (AvgIpc) is 3.22. The van der Waals surface area contributed by atoms with E-state index in [1.165, 1.54) is 11.3 Å². The molecule has 0 atom stereocenters. The normalized spacial score (nSPS) is 19.1. The lowest BCUT2D eigenvalue weighted by Gasteiger charge is -2.26. The smallest absolute Gasteiger partial charge is 0.260 e. The highest BCUT2D eigenvalue weighted by Gasteiger charge is 2.33. The summed E-state index contributed by atoms with van der Waals surface area (Å²) in [6, 6.07) is 5.82. The lowest BCUT2D eigenvalue weighted by atomic mass is 9.85. The molecule has 8 heteroatoms. The molecule has 0 bridgehead atoms. The van der Waals surface area contributed by atoms with E-state index in [-0.39, 0.29) is 29.9 Å². The van der Waals surface area contributed by atoms with Gasteiger partial charge in [0.25, 0.3) is 5.91 Å². The van der Waals surface area contributed by atoms with Gasteiger partial charge in [0.15, 0.2) is 23.2 Å². The van der Waals surface area contributed by atoms with Crippen LogP contribution in [-0.2, 0) is 29.0 Å². The van der Waals surface area contributed by atoms with Gasteiger partial charge in [-0.05, 0) is 32.8 Å². The molecule has 2 aliphatic heterocycles. The molecule has 1 aromatic heterocycles. The molecule has 1 aromatic carbocycles. The number of carbonyl (C=O) groups excluding carboxylic acids is 2. The number of amides is 2. The van der Waals surface area contributed by atoms with Gasteiger partial charge in [-0.2, -0.15) is 0 Å². The molecule has 0 unspecified atom stereocenters. The zero-order valence-corrected chi connectivity index (χ0v) is 18.7. The summed E-state index contributed by atoms with van der Waals surface area (Å²) in [7, 11) is 0. The first-order valence-electron chi connectivity index (χ1n) is 10.9. The van der Waals surface area contributed by atoms with E-state index in [4.69, 9.17) is 9.47 Å². The van der Waals surface area contributed by atoms with Crippen molar-refractivity contribution in [2.45, 2.75) is 58.1 Å². The Morgan fingerprint density at radius 2 is 2.19 bits per heavy atom. The average molecular weight is 442 g/mol. The number of carbonyl (C=O) groups is 2. The highest BCUT2D eigenvalue weighted by molar-refractivity contribution is 7.15. The van der Waals surface area contributed by atoms with E-state index in [2.05, 4.69) is 10.3 Å². The third kappa shape index (κ3) is 4.13. The van der Waals surface area contributed by atoms with Gasteiger partial charge in [0, 0.05) is 35.7 Å². The van der Waals surface area contributed by atoms with E-state index in [9.17, 15) is 9.59 Å². The number of benzene rings is 1. The number of hydrogen-bond acceptors (Lipinski definition) is 6. The Kier molecular flexibility index (Phi) is 5.12. The molecular weight excluding hydrogens is 414 g/mol. The Hall–Kier alpha value is -2.61. The van der Waals surface area contributed by atoms with Crippen LogP contribution in [0.25, 0.3) is 0 Å². The number of nitrogens with one attached hydrogen (secondary N) is 1. The van der Waals surface area contributed by atoms with Crippen LogP contribution in [0.15, 0.2) is 18.2 Å². The number of ether oxygens (including phenoxy) is 2. The number of anilines is 1. The molecule has 2 amide bonds. The molecule has 3 aliphatic rings. The zero-order chi connectivity index (χ0) is 21.6. The first-order valence-corrected chi connectivity index (χ1v) is 11.7. The molecule has 0 spiro atoms. The molecule has 5 rings (SSSR count). The predicted molar refractivity (Wildman–Crippen MR) is 118 cm³/mol. The quantitative estimate of drug-likeness (QED) is 0.767. The van der Waals surface area contributed by atoms with Crippen molar-refractivity contribution in [3.05, 3.63) is 34.3 Å². The number of hydrogen-bond donors (Lipinski definition) is 1. The van der Waals surface area contributed by atoms with Crippen LogP contribution in [0.5, 0.6) is 11.5 Å². The largest absolute Gasteiger partial charge is 0.483 e. The summed E-state index contributed by atoms with van der Waals surface area (Å²) < 4.78 is 11.9. The summed E-state index contributed by atoms with van der Waals surface area (Å²) in [4.78, 5) is 32.4. The van der Waals surface area contributed by atoms with Crippen molar-refractivity contribution in [3.8, 4) is 11.5 Å². The maximum Gasteiger partial charge on any atom is 0.260 e. The van der Waals surface area contributed by atoms with Gasteiger partial charge in [-0.1, -0.05) is 29.9 Å². The Labute approximate surface area is 185 Å². The molecule has 0 radical (unpaired) electrons. The Balaban J connectivity index is 1.19. The van der Waals surface area contributed by atoms with Crippen LogP contribution in [-0.4, -0.2) is 40.5 Å². The van der Waals surface area contributed by atoms with Crippen LogP contribution in [0.3, 0.4) is 0 Å². The fourth-order valence-corrected chi connectivity index (χ4v) is 5.30. The van der Waals surface area contributed by atoms with Gasteiger partial charge < -0.3 is 19.7 Å². The lowest BCUT2D eigenvalue weighted by molar-refractivity contribution is -0.134. The fraction of sp³-hybridized carbons (Fsp3) is 0.522. The van der Waals surface area contributed by atoms with Crippen molar-refractivity contribution < 1.29 is 19.1 Å². The third-order valence-electron chi connectivity index (χ3n) is 6.20. The fourth-order valence-electron chi connectivity index (χ4n) is 4.27. The van der Waals surface area contributed by atoms with Crippen LogP contribution in [0.2, 0.25) is 0 Å².